The van der Waals surface area contributed by atoms with Gasteiger partial charge in [0.05, 0.1) is 0 Å². The first kappa shape index (κ1) is 12.9. The van der Waals surface area contributed by atoms with E-state index in [0.717, 1.165) is 24.7 Å². The van der Waals surface area contributed by atoms with E-state index in [1.165, 1.54) is 5.56 Å². The van der Waals surface area contributed by atoms with Gasteiger partial charge in [-0.05, 0) is 32.5 Å². The molecule has 1 aliphatic heterocycles. The number of hydrogen-bond acceptors (Lipinski definition) is 2. The zero-order valence-corrected chi connectivity index (χ0v) is 11.6. The lowest BCUT2D eigenvalue weighted by atomic mass is 10.1. The van der Waals surface area contributed by atoms with Gasteiger partial charge in [0.25, 0.3) is 0 Å². The SMILES string of the molecule is C[C@@H]1CN(C)[C@@H](C)CN1Cc1ccccc1Cl. The van der Waals surface area contributed by atoms with Gasteiger partial charge in [-0.2, -0.15) is 0 Å². The summed E-state index contributed by atoms with van der Waals surface area (Å²) >= 11 is 6.22. The fourth-order valence-electron chi connectivity index (χ4n) is 2.44. The molecule has 0 spiro atoms. The largest absolute Gasteiger partial charge is 0.301 e. The van der Waals surface area contributed by atoms with Crippen LogP contribution < -0.4 is 0 Å². The molecule has 2 atom stereocenters. The molecule has 1 heterocycles. The van der Waals surface area contributed by atoms with Gasteiger partial charge in [0.2, 0.25) is 0 Å². The van der Waals surface area contributed by atoms with Crippen LogP contribution in [0.25, 0.3) is 0 Å². The molecule has 0 saturated carbocycles. The Kier molecular flexibility index (Phi) is 4.08. The summed E-state index contributed by atoms with van der Waals surface area (Å²) in [5.74, 6) is 0. The average molecular weight is 253 g/mol. The van der Waals surface area contributed by atoms with E-state index in [2.05, 4.69) is 42.8 Å². The fraction of sp³-hybridized carbons (Fsp3) is 0.571. The van der Waals surface area contributed by atoms with Crippen molar-refractivity contribution >= 4 is 11.6 Å². The first-order valence-corrected chi connectivity index (χ1v) is 6.63. The van der Waals surface area contributed by atoms with Crippen LogP contribution in [0.1, 0.15) is 19.4 Å². The molecule has 0 bridgehead atoms. The maximum absolute atomic E-state index is 6.22. The zero-order chi connectivity index (χ0) is 12.4. The van der Waals surface area contributed by atoms with Crippen molar-refractivity contribution in [1.82, 2.24) is 9.80 Å². The number of halogens is 1. The Labute approximate surface area is 109 Å². The van der Waals surface area contributed by atoms with Gasteiger partial charge in [-0.3, -0.25) is 4.90 Å². The van der Waals surface area contributed by atoms with Crippen LogP contribution in [-0.2, 0) is 6.54 Å². The van der Waals surface area contributed by atoms with E-state index in [1.54, 1.807) is 0 Å². The highest BCUT2D eigenvalue weighted by atomic mass is 35.5. The third-order valence-corrected chi connectivity index (χ3v) is 4.13. The molecule has 2 rings (SSSR count). The summed E-state index contributed by atoms with van der Waals surface area (Å²) in [5, 5.41) is 0.881. The van der Waals surface area contributed by atoms with Crippen LogP contribution in [0.15, 0.2) is 24.3 Å². The van der Waals surface area contributed by atoms with Crippen molar-refractivity contribution in [2.45, 2.75) is 32.5 Å². The molecule has 0 amide bonds. The maximum atomic E-state index is 6.22. The fourth-order valence-corrected chi connectivity index (χ4v) is 2.63. The molecule has 94 valence electrons. The lowest BCUT2D eigenvalue weighted by Crippen LogP contribution is -2.54. The molecule has 0 radical (unpaired) electrons. The number of rotatable bonds is 2. The molecule has 1 aliphatic rings. The molecular formula is C14H21ClN2. The van der Waals surface area contributed by atoms with Gasteiger partial charge in [0.15, 0.2) is 0 Å². The molecule has 0 aliphatic carbocycles. The summed E-state index contributed by atoms with van der Waals surface area (Å²) < 4.78 is 0. The highest BCUT2D eigenvalue weighted by Gasteiger charge is 2.26. The molecule has 3 heteroatoms. The summed E-state index contributed by atoms with van der Waals surface area (Å²) in [6, 6.07) is 9.35. The number of likely N-dealkylation sites (N-methyl/N-ethyl adjacent to an activating group) is 1. The summed E-state index contributed by atoms with van der Waals surface area (Å²) in [5.41, 5.74) is 1.23. The van der Waals surface area contributed by atoms with E-state index < -0.39 is 0 Å². The van der Waals surface area contributed by atoms with Crippen molar-refractivity contribution in [1.29, 1.82) is 0 Å². The van der Waals surface area contributed by atoms with Crippen LogP contribution in [0.5, 0.6) is 0 Å². The van der Waals surface area contributed by atoms with Crippen molar-refractivity contribution in [2.75, 3.05) is 20.1 Å². The van der Waals surface area contributed by atoms with E-state index in [4.69, 9.17) is 11.6 Å². The van der Waals surface area contributed by atoms with Crippen LogP contribution in [0, 0.1) is 0 Å². The van der Waals surface area contributed by atoms with Gasteiger partial charge in [0, 0.05) is 36.7 Å². The van der Waals surface area contributed by atoms with Crippen molar-refractivity contribution in [3.05, 3.63) is 34.9 Å². The monoisotopic (exact) mass is 252 g/mol. The summed E-state index contributed by atoms with van der Waals surface area (Å²) in [4.78, 5) is 4.94. The van der Waals surface area contributed by atoms with E-state index in [0.29, 0.717) is 12.1 Å². The molecule has 17 heavy (non-hydrogen) atoms. The highest BCUT2D eigenvalue weighted by Crippen LogP contribution is 2.21. The van der Waals surface area contributed by atoms with Gasteiger partial charge < -0.3 is 4.90 Å². The van der Waals surface area contributed by atoms with Gasteiger partial charge in [0.1, 0.15) is 0 Å². The molecule has 0 N–H and O–H groups in total. The Morgan fingerprint density at radius 1 is 1.18 bits per heavy atom. The minimum atomic E-state index is 0.590. The van der Waals surface area contributed by atoms with Crippen LogP contribution in [0.2, 0.25) is 5.02 Å². The standard InChI is InChI=1S/C14H21ClN2/c1-11-9-17(12(2)8-16(11)3)10-13-6-4-5-7-14(13)15/h4-7,11-12H,8-10H2,1-3H3/t11-,12+/m0/s1. The van der Waals surface area contributed by atoms with Gasteiger partial charge >= 0.3 is 0 Å². The molecule has 1 aromatic rings. The van der Waals surface area contributed by atoms with Gasteiger partial charge in [-0.15, -0.1) is 0 Å². The molecule has 1 aromatic carbocycles. The average Bonchev–Trinajstić information content (AvgIpc) is 2.29. The number of benzene rings is 1. The van der Waals surface area contributed by atoms with E-state index >= 15 is 0 Å². The Hall–Kier alpha value is -0.570. The van der Waals surface area contributed by atoms with Gasteiger partial charge in [-0.25, -0.2) is 0 Å². The molecule has 1 fully saturated rings. The quantitative estimate of drug-likeness (QED) is 0.799. The molecule has 2 nitrogen and oxygen atoms in total. The predicted molar refractivity (Wildman–Crippen MR) is 73.4 cm³/mol. The topological polar surface area (TPSA) is 6.48 Å². The molecule has 0 aromatic heterocycles. The number of piperazine rings is 1. The second-order valence-electron chi connectivity index (χ2n) is 5.16. The Bertz CT molecular complexity index is 380. The molecular weight excluding hydrogens is 232 g/mol. The first-order valence-electron chi connectivity index (χ1n) is 6.25. The lowest BCUT2D eigenvalue weighted by Gasteiger charge is -2.42. The first-order chi connectivity index (χ1) is 8.08. The number of hydrogen-bond donors (Lipinski definition) is 0. The minimum Gasteiger partial charge on any atom is -0.301 e. The van der Waals surface area contributed by atoms with Crippen LogP contribution in [0.3, 0.4) is 0 Å². The predicted octanol–water partition coefficient (Wildman–Crippen LogP) is 2.86. The second-order valence-corrected chi connectivity index (χ2v) is 5.57. The normalized spacial score (nSPS) is 27.3. The third kappa shape index (κ3) is 3.01. The van der Waals surface area contributed by atoms with Crippen molar-refractivity contribution in [3.63, 3.8) is 0 Å². The lowest BCUT2D eigenvalue weighted by molar-refractivity contribution is 0.0546. The highest BCUT2D eigenvalue weighted by molar-refractivity contribution is 6.31. The summed E-state index contributed by atoms with van der Waals surface area (Å²) in [6.45, 7) is 7.78. The number of nitrogens with zero attached hydrogens (tertiary/aromatic N) is 2. The minimum absolute atomic E-state index is 0.590. The molecule has 0 unspecified atom stereocenters. The van der Waals surface area contributed by atoms with Crippen molar-refractivity contribution in [2.24, 2.45) is 0 Å². The van der Waals surface area contributed by atoms with Gasteiger partial charge in [-0.1, -0.05) is 29.8 Å². The zero-order valence-electron chi connectivity index (χ0n) is 10.9. The van der Waals surface area contributed by atoms with Crippen molar-refractivity contribution in [3.8, 4) is 0 Å². The Balaban J connectivity index is 2.06. The van der Waals surface area contributed by atoms with Crippen LogP contribution >= 0.6 is 11.6 Å². The Morgan fingerprint density at radius 3 is 2.59 bits per heavy atom. The smallest absolute Gasteiger partial charge is 0.0451 e. The van der Waals surface area contributed by atoms with Crippen LogP contribution in [-0.4, -0.2) is 42.0 Å². The summed E-state index contributed by atoms with van der Waals surface area (Å²) in [6.07, 6.45) is 0. The van der Waals surface area contributed by atoms with Crippen molar-refractivity contribution < 1.29 is 0 Å². The second kappa shape index (κ2) is 5.38. The third-order valence-electron chi connectivity index (χ3n) is 3.76. The van der Waals surface area contributed by atoms with E-state index in [-0.39, 0.29) is 0 Å². The summed E-state index contributed by atoms with van der Waals surface area (Å²) in [7, 11) is 2.20. The molecule has 1 saturated heterocycles. The van der Waals surface area contributed by atoms with E-state index in [1.807, 2.05) is 12.1 Å². The van der Waals surface area contributed by atoms with Crippen LogP contribution in [0.4, 0.5) is 0 Å². The Morgan fingerprint density at radius 2 is 1.88 bits per heavy atom. The maximum Gasteiger partial charge on any atom is 0.0451 e. The van der Waals surface area contributed by atoms with E-state index in [9.17, 15) is 0 Å².